The third-order valence-electron chi connectivity index (χ3n) is 8.17. The molecule has 0 spiro atoms. The molecular formula is C32H34N4O3S. The minimum atomic E-state index is -3.71. The lowest BCUT2D eigenvalue weighted by Crippen LogP contribution is -2.34. The van der Waals surface area contributed by atoms with Crippen LogP contribution in [0.5, 0.6) is 0 Å². The molecule has 6 rings (SSSR count). The highest BCUT2D eigenvalue weighted by molar-refractivity contribution is 7.89. The molecule has 0 unspecified atom stereocenters. The highest BCUT2D eigenvalue weighted by atomic mass is 32.2. The Balaban J connectivity index is 1.32. The van der Waals surface area contributed by atoms with Crippen LogP contribution in [-0.2, 0) is 34.8 Å². The van der Waals surface area contributed by atoms with Gasteiger partial charge in [-0.3, -0.25) is 4.79 Å². The number of anilines is 1. The van der Waals surface area contributed by atoms with Crippen molar-refractivity contribution in [2.45, 2.75) is 56.0 Å². The van der Waals surface area contributed by atoms with Gasteiger partial charge in [-0.2, -0.15) is 0 Å². The maximum atomic E-state index is 14.0. The molecule has 2 aliphatic carbocycles. The largest absolute Gasteiger partial charge is 0.337 e. The molecule has 2 aliphatic rings. The minimum absolute atomic E-state index is 0.0736. The molecule has 1 aromatic heterocycles. The summed E-state index contributed by atoms with van der Waals surface area (Å²) in [5, 5.41) is 0. The normalized spacial score (nSPS) is 20.1. The van der Waals surface area contributed by atoms with E-state index in [0.29, 0.717) is 13.0 Å². The highest BCUT2D eigenvalue weighted by Crippen LogP contribution is 2.49. The maximum absolute atomic E-state index is 14.0. The van der Waals surface area contributed by atoms with Crippen LogP contribution in [0.2, 0.25) is 0 Å². The van der Waals surface area contributed by atoms with Crippen molar-refractivity contribution in [2.24, 2.45) is 13.0 Å². The van der Waals surface area contributed by atoms with Gasteiger partial charge in [-0.05, 0) is 85.0 Å². The van der Waals surface area contributed by atoms with E-state index in [0.717, 1.165) is 47.5 Å². The van der Waals surface area contributed by atoms with Crippen molar-refractivity contribution in [1.29, 1.82) is 0 Å². The van der Waals surface area contributed by atoms with E-state index in [-0.39, 0.29) is 28.7 Å². The number of rotatable bonds is 8. The summed E-state index contributed by atoms with van der Waals surface area (Å²) < 4.78 is 31.5. The minimum Gasteiger partial charge on any atom is -0.337 e. The van der Waals surface area contributed by atoms with Crippen LogP contribution < -0.4 is 9.62 Å². The average molecular weight is 555 g/mol. The average Bonchev–Trinajstić information content (AvgIpc) is 3.66. The molecule has 3 atom stereocenters. The Labute approximate surface area is 235 Å². The number of nitrogens with one attached hydrogen (secondary N) is 1. The molecule has 7 nitrogen and oxygen atoms in total. The Morgan fingerprint density at radius 3 is 2.65 bits per heavy atom. The lowest BCUT2D eigenvalue weighted by atomic mass is 9.87. The number of benzene rings is 3. The van der Waals surface area contributed by atoms with Crippen molar-refractivity contribution < 1.29 is 13.2 Å². The number of nitrogens with zero attached hydrogens (tertiary/aromatic N) is 3. The quantitative estimate of drug-likeness (QED) is 0.315. The molecule has 0 radical (unpaired) electrons. The van der Waals surface area contributed by atoms with Crippen LogP contribution in [0.1, 0.15) is 59.3 Å². The summed E-state index contributed by atoms with van der Waals surface area (Å²) in [6.07, 6.45) is 6.92. The topological polar surface area (TPSA) is 84.3 Å². The SMILES string of the molecule is Cc1cccc(S(=O)(=O)N[C@H]2CCCc3ccc(N(Cc4nccn4C)C(=O)[C@H]4C[C@H]4c4ccccc4)cc32)c1. The Kier molecular flexibility index (Phi) is 7.06. The second kappa shape index (κ2) is 10.7. The lowest BCUT2D eigenvalue weighted by molar-refractivity contribution is -0.120. The van der Waals surface area contributed by atoms with Crippen molar-refractivity contribution >= 4 is 21.6 Å². The molecule has 206 valence electrons. The second-order valence-corrected chi connectivity index (χ2v) is 12.7. The number of fused-ring (bicyclic) bond motifs is 1. The first-order valence-corrected chi connectivity index (χ1v) is 15.3. The van der Waals surface area contributed by atoms with E-state index < -0.39 is 10.0 Å². The summed E-state index contributed by atoms with van der Waals surface area (Å²) in [7, 11) is -1.78. The van der Waals surface area contributed by atoms with Gasteiger partial charge in [0.15, 0.2) is 0 Å². The molecular weight excluding hydrogens is 520 g/mol. The molecule has 1 fully saturated rings. The predicted octanol–water partition coefficient (Wildman–Crippen LogP) is 5.42. The molecule has 1 N–H and O–H groups in total. The summed E-state index contributed by atoms with van der Waals surface area (Å²) in [5.74, 6) is 0.989. The van der Waals surface area contributed by atoms with Crippen LogP contribution in [0.25, 0.3) is 0 Å². The Hall–Kier alpha value is -3.75. The van der Waals surface area contributed by atoms with Gasteiger partial charge in [0.05, 0.1) is 11.4 Å². The summed E-state index contributed by atoms with van der Waals surface area (Å²) in [6.45, 7) is 2.23. The van der Waals surface area contributed by atoms with Gasteiger partial charge < -0.3 is 9.47 Å². The van der Waals surface area contributed by atoms with Crippen LogP contribution in [-0.4, -0.2) is 23.9 Å². The number of amides is 1. The van der Waals surface area contributed by atoms with Gasteiger partial charge in [0.2, 0.25) is 15.9 Å². The Bertz CT molecular complexity index is 1650. The number of carbonyl (C=O) groups is 1. The van der Waals surface area contributed by atoms with Crippen LogP contribution in [0, 0.1) is 12.8 Å². The Morgan fingerprint density at radius 1 is 1.07 bits per heavy atom. The second-order valence-electron chi connectivity index (χ2n) is 11.0. The zero-order valence-corrected chi connectivity index (χ0v) is 23.6. The predicted molar refractivity (Wildman–Crippen MR) is 155 cm³/mol. The number of sulfonamides is 1. The number of aromatic nitrogens is 2. The van der Waals surface area contributed by atoms with Crippen LogP contribution in [0.15, 0.2) is 90.1 Å². The van der Waals surface area contributed by atoms with Gasteiger partial charge >= 0.3 is 0 Å². The monoisotopic (exact) mass is 554 g/mol. The van der Waals surface area contributed by atoms with Crippen LogP contribution in [0.4, 0.5) is 5.69 Å². The molecule has 0 bridgehead atoms. The first-order chi connectivity index (χ1) is 19.3. The maximum Gasteiger partial charge on any atom is 0.241 e. The van der Waals surface area contributed by atoms with E-state index >= 15 is 0 Å². The molecule has 4 aromatic rings. The zero-order valence-electron chi connectivity index (χ0n) is 22.8. The van der Waals surface area contributed by atoms with Gasteiger partial charge in [0, 0.05) is 37.1 Å². The van der Waals surface area contributed by atoms with Gasteiger partial charge in [-0.25, -0.2) is 18.1 Å². The summed E-state index contributed by atoms with van der Waals surface area (Å²) in [5.41, 5.74) is 4.91. The first-order valence-electron chi connectivity index (χ1n) is 13.8. The van der Waals surface area contributed by atoms with Crippen molar-refractivity contribution in [1.82, 2.24) is 14.3 Å². The molecule has 1 heterocycles. The third-order valence-corrected chi connectivity index (χ3v) is 9.64. The lowest BCUT2D eigenvalue weighted by Gasteiger charge is -2.29. The van der Waals surface area contributed by atoms with E-state index in [1.165, 1.54) is 5.56 Å². The fourth-order valence-electron chi connectivity index (χ4n) is 5.84. The number of aryl methyl sites for hydroxylation is 3. The van der Waals surface area contributed by atoms with Gasteiger partial charge in [-0.15, -0.1) is 0 Å². The van der Waals surface area contributed by atoms with E-state index in [4.69, 9.17) is 0 Å². The van der Waals surface area contributed by atoms with Crippen molar-refractivity contribution in [3.8, 4) is 0 Å². The molecule has 1 saturated carbocycles. The molecule has 0 saturated heterocycles. The highest BCUT2D eigenvalue weighted by Gasteiger charge is 2.46. The van der Waals surface area contributed by atoms with Crippen molar-refractivity contribution in [3.63, 3.8) is 0 Å². The summed E-state index contributed by atoms with van der Waals surface area (Å²) in [6, 6.07) is 22.9. The van der Waals surface area contributed by atoms with E-state index in [9.17, 15) is 13.2 Å². The number of hydrogen-bond donors (Lipinski definition) is 1. The van der Waals surface area contributed by atoms with E-state index in [2.05, 4.69) is 27.9 Å². The summed E-state index contributed by atoms with van der Waals surface area (Å²) >= 11 is 0. The number of carbonyl (C=O) groups excluding carboxylic acids is 1. The smallest absolute Gasteiger partial charge is 0.241 e. The van der Waals surface area contributed by atoms with Crippen molar-refractivity contribution in [2.75, 3.05) is 4.90 Å². The molecule has 8 heteroatoms. The van der Waals surface area contributed by atoms with Crippen molar-refractivity contribution in [3.05, 3.63) is 113 Å². The third kappa shape index (κ3) is 5.33. The van der Waals surface area contributed by atoms with E-state index in [1.54, 1.807) is 24.4 Å². The van der Waals surface area contributed by atoms with Gasteiger partial charge in [0.25, 0.3) is 0 Å². The molecule has 40 heavy (non-hydrogen) atoms. The van der Waals surface area contributed by atoms with Gasteiger partial charge in [-0.1, -0.05) is 48.5 Å². The molecule has 3 aromatic carbocycles. The first kappa shape index (κ1) is 26.5. The number of hydrogen-bond acceptors (Lipinski definition) is 4. The van der Waals surface area contributed by atoms with E-state index in [1.807, 2.05) is 66.0 Å². The molecule has 0 aliphatic heterocycles. The summed E-state index contributed by atoms with van der Waals surface area (Å²) in [4.78, 5) is 20.6. The molecule has 1 amide bonds. The number of imidazole rings is 1. The van der Waals surface area contributed by atoms with Gasteiger partial charge in [0.1, 0.15) is 5.82 Å². The Morgan fingerprint density at radius 2 is 1.90 bits per heavy atom. The fourth-order valence-corrected chi connectivity index (χ4v) is 7.19. The van der Waals surface area contributed by atoms with Crippen LogP contribution in [0.3, 0.4) is 0 Å². The standard InChI is InChI=1S/C32H34N4O3S/c1-22-8-6-12-26(18-22)40(38,39)34-30-13-7-11-24-14-15-25(19-28(24)30)36(21-31-33-16-17-35(31)2)32(37)29-20-27(29)23-9-4-3-5-10-23/h3-6,8-10,12,14-19,27,29-30,34H,7,11,13,20-21H2,1-2H3/t27-,29-,30-/m0/s1. The fraction of sp³-hybridized carbons (Fsp3) is 0.312. The van der Waals surface area contributed by atoms with Crippen LogP contribution >= 0.6 is 0 Å². The zero-order chi connectivity index (χ0) is 27.9.